The van der Waals surface area contributed by atoms with Crippen LogP contribution in [0.1, 0.15) is 32.1 Å². The van der Waals surface area contributed by atoms with E-state index in [-0.39, 0.29) is 5.91 Å². The zero-order valence-electron chi connectivity index (χ0n) is 7.25. The van der Waals surface area contributed by atoms with E-state index in [1.165, 1.54) is 6.42 Å². The summed E-state index contributed by atoms with van der Waals surface area (Å²) >= 11 is 0. The lowest BCUT2D eigenvalue weighted by Crippen LogP contribution is -2.43. The van der Waals surface area contributed by atoms with Gasteiger partial charge >= 0.3 is 0 Å². The summed E-state index contributed by atoms with van der Waals surface area (Å²) in [7, 11) is 0. The molecule has 1 amide bonds. The Morgan fingerprint density at radius 2 is 1.75 bits per heavy atom. The van der Waals surface area contributed by atoms with Gasteiger partial charge in [0, 0.05) is 13.1 Å². The minimum atomic E-state index is -0.947. The zero-order chi connectivity index (χ0) is 8.60. The Balaban J connectivity index is 1.94. The number of piperidine rings is 1. The van der Waals surface area contributed by atoms with Crippen molar-refractivity contribution in [1.29, 1.82) is 0 Å². The van der Waals surface area contributed by atoms with Crippen LogP contribution in [0.4, 0.5) is 0 Å². The van der Waals surface area contributed by atoms with Gasteiger partial charge in [0.1, 0.15) is 5.60 Å². The smallest absolute Gasteiger partial charge is 0.254 e. The highest BCUT2D eigenvalue weighted by molar-refractivity contribution is 5.87. The van der Waals surface area contributed by atoms with Crippen LogP contribution in [-0.2, 0) is 4.79 Å². The number of likely N-dealkylation sites (tertiary alicyclic amines) is 1. The standard InChI is InChI=1S/C9H15NO2/c11-8(9(12)4-5-9)10-6-2-1-3-7-10/h12H,1-7H2. The maximum Gasteiger partial charge on any atom is 0.254 e. The van der Waals surface area contributed by atoms with E-state index >= 15 is 0 Å². The van der Waals surface area contributed by atoms with Crippen LogP contribution in [0.2, 0.25) is 0 Å². The van der Waals surface area contributed by atoms with Crippen molar-refractivity contribution in [3.05, 3.63) is 0 Å². The van der Waals surface area contributed by atoms with Crippen molar-refractivity contribution >= 4 is 5.91 Å². The van der Waals surface area contributed by atoms with Crippen LogP contribution in [0.3, 0.4) is 0 Å². The van der Waals surface area contributed by atoms with Crippen LogP contribution in [-0.4, -0.2) is 34.6 Å². The summed E-state index contributed by atoms with van der Waals surface area (Å²) in [6.07, 6.45) is 4.76. The normalized spacial score (nSPS) is 26.9. The lowest BCUT2D eigenvalue weighted by atomic mass is 10.1. The quantitative estimate of drug-likeness (QED) is 0.621. The van der Waals surface area contributed by atoms with Crippen molar-refractivity contribution in [3.63, 3.8) is 0 Å². The molecule has 2 rings (SSSR count). The molecule has 1 saturated heterocycles. The van der Waals surface area contributed by atoms with Gasteiger partial charge < -0.3 is 10.0 Å². The Hall–Kier alpha value is -0.570. The molecule has 0 aromatic heterocycles. The summed E-state index contributed by atoms with van der Waals surface area (Å²) < 4.78 is 0. The molecule has 3 nitrogen and oxygen atoms in total. The summed E-state index contributed by atoms with van der Waals surface area (Å²) in [6, 6.07) is 0. The summed E-state index contributed by atoms with van der Waals surface area (Å²) in [6.45, 7) is 1.70. The predicted octanol–water partition coefficient (Wildman–Crippen LogP) is 0.524. The van der Waals surface area contributed by atoms with Crippen LogP contribution in [0.25, 0.3) is 0 Å². The topological polar surface area (TPSA) is 40.5 Å². The molecule has 1 aliphatic heterocycles. The van der Waals surface area contributed by atoms with E-state index in [1.807, 2.05) is 4.90 Å². The van der Waals surface area contributed by atoms with Crippen LogP contribution in [0.15, 0.2) is 0 Å². The Morgan fingerprint density at radius 3 is 2.25 bits per heavy atom. The Kier molecular flexibility index (Phi) is 1.83. The van der Waals surface area contributed by atoms with Crippen LogP contribution < -0.4 is 0 Å². The second-order valence-corrected chi connectivity index (χ2v) is 3.88. The molecule has 0 radical (unpaired) electrons. The van der Waals surface area contributed by atoms with E-state index in [1.54, 1.807) is 0 Å². The summed E-state index contributed by atoms with van der Waals surface area (Å²) in [5.74, 6) is -0.0257. The van der Waals surface area contributed by atoms with Crippen molar-refractivity contribution in [1.82, 2.24) is 4.90 Å². The van der Waals surface area contributed by atoms with Crippen LogP contribution in [0.5, 0.6) is 0 Å². The number of aliphatic hydroxyl groups is 1. The third kappa shape index (κ3) is 1.33. The van der Waals surface area contributed by atoms with Gasteiger partial charge in [-0.15, -0.1) is 0 Å². The predicted molar refractivity (Wildman–Crippen MR) is 44.6 cm³/mol. The highest BCUT2D eigenvalue weighted by atomic mass is 16.3. The molecule has 0 atom stereocenters. The second-order valence-electron chi connectivity index (χ2n) is 3.88. The fraction of sp³-hybridized carbons (Fsp3) is 0.889. The SMILES string of the molecule is O=C(N1CCCCC1)C1(O)CC1. The number of nitrogens with zero attached hydrogens (tertiary/aromatic N) is 1. The highest BCUT2D eigenvalue weighted by Crippen LogP contribution is 2.37. The molecule has 0 spiro atoms. The van der Waals surface area contributed by atoms with Crippen LogP contribution >= 0.6 is 0 Å². The first kappa shape index (κ1) is 8.05. The average molecular weight is 169 g/mol. The first-order valence-electron chi connectivity index (χ1n) is 4.74. The second kappa shape index (κ2) is 2.73. The van der Waals surface area contributed by atoms with Gasteiger partial charge in [-0.2, -0.15) is 0 Å². The number of carbonyl (C=O) groups excluding carboxylic acids is 1. The maximum atomic E-state index is 11.6. The lowest BCUT2D eigenvalue weighted by Gasteiger charge is -2.28. The third-order valence-electron chi connectivity index (χ3n) is 2.76. The molecular formula is C9H15NO2. The molecule has 0 aromatic rings. The van der Waals surface area contributed by atoms with E-state index in [9.17, 15) is 9.90 Å². The molecule has 1 N–H and O–H groups in total. The van der Waals surface area contributed by atoms with E-state index in [0.717, 1.165) is 25.9 Å². The van der Waals surface area contributed by atoms with Crippen molar-refractivity contribution < 1.29 is 9.90 Å². The summed E-state index contributed by atoms with van der Waals surface area (Å²) in [5.41, 5.74) is -0.947. The van der Waals surface area contributed by atoms with Crippen molar-refractivity contribution in [2.24, 2.45) is 0 Å². The highest BCUT2D eigenvalue weighted by Gasteiger charge is 2.50. The number of carbonyl (C=O) groups is 1. The third-order valence-corrected chi connectivity index (χ3v) is 2.76. The van der Waals surface area contributed by atoms with E-state index in [4.69, 9.17) is 0 Å². The lowest BCUT2D eigenvalue weighted by molar-refractivity contribution is -0.143. The van der Waals surface area contributed by atoms with Gasteiger partial charge in [-0.25, -0.2) is 0 Å². The molecule has 3 heteroatoms. The molecule has 12 heavy (non-hydrogen) atoms. The van der Waals surface area contributed by atoms with E-state index in [0.29, 0.717) is 12.8 Å². The van der Waals surface area contributed by atoms with Crippen LogP contribution in [0, 0.1) is 0 Å². The largest absolute Gasteiger partial charge is 0.380 e. The van der Waals surface area contributed by atoms with Gasteiger partial charge in [0.05, 0.1) is 0 Å². The summed E-state index contributed by atoms with van der Waals surface area (Å²) in [5, 5.41) is 9.56. The first-order valence-corrected chi connectivity index (χ1v) is 4.74. The van der Waals surface area contributed by atoms with E-state index in [2.05, 4.69) is 0 Å². The molecule has 1 saturated carbocycles. The van der Waals surface area contributed by atoms with Crippen molar-refractivity contribution in [2.45, 2.75) is 37.7 Å². The molecule has 0 aromatic carbocycles. The fourth-order valence-corrected chi connectivity index (χ4v) is 1.72. The minimum Gasteiger partial charge on any atom is -0.380 e. The molecular weight excluding hydrogens is 154 g/mol. The van der Waals surface area contributed by atoms with Gasteiger partial charge in [0.25, 0.3) is 5.91 Å². The molecule has 68 valence electrons. The van der Waals surface area contributed by atoms with Gasteiger partial charge in [-0.05, 0) is 32.1 Å². The maximum absolute atomic E-state index is 11.6. The van der Waals surface area contributed by atoms with Gasteiger partial charge in [0.15, 0.2) is 0 Å². The minimum absolute atomic E-state index is 0.0257. The molecule has 0 unspecified atom stereocenters. The Morgan fingerprint density at radius 1 is 1.17 bits per heavy atom. The monoisotopic (exact) mass is 169 g/mol. The molecule has 2 fully saturated rings. The van der Waals surface area contributed by atoms with Crippen molar-refractivity contribution in [2.75, 3.05) is 13.1 Å². The fourth-order valence-electron chi connectivity index (χ4n) is 1.72. The van der Waals surface area contributed by atoms with E-state index < -0.39 is 5.60 Å². The Labute approximate surface area is 72.4 Å². The van der Waals surface area contributed by atoms with Gasteiger partial charge in [-0.1, -0.05) is 0 Å². The Bertz CT molecular complexity index is 193. The number of rotatable bonds is 1. The average Bonchev–Trinajstić information content (AvgIpc) is 2.85. The van der Waals surface area contributed by atoms with Gasteiger partial charge in [-0.3, -0.25) is 4.79 Å². The summed E-state index contributed by atoms with van der Waals surface area (Å²) in [4.78, 5) is 13.4. The zero-order valence-corrected chi connectivity index (χ0v) is 7.25. The first-order chi connectivity index (χ1) is 5.72. The number of hydrogen-bond donors (Lipinski definition) is 1. The van der Waals surface area contributed by atoms with Gasteiger partial charge in [0.2, 0.25) is 0 Å². The number of hydrogen-bond acceptors (Lipinski definition) is 2. The molecule has 1 aliphatic carbocycles. The molecule has 2 aliphatic rings. The van der Waals surface area contributed by atoms with Crippen molar-refractivity contribution in [3.8, 4) is 0 Å². The molecule has 1 heterocycles. The molecule has 0 bridgehead atoms. The number of amides is 1.